The van der Waals surface area contributed by atoms with Crippen LogP contribution < -0.4 is 10.2 Å². The van der Waals surface area contributed by atoms with E-state index in [2.05, 4.69) is 20.4 Å². The first kappa shape index (κ1) is 10.7. The highest BCUT2D eigenvalue weighted by atomic mass is 35.5. The van der Waals surface area contributed by atoms with Crippen molar-refractivity contribution in [3.8, 4) is 0 Å². The van der Waals surface area contributed by atoms with E-state index in [1.807, 2.05) is 0 Å². The summed E-state index contributed by atoms with van der Waals surface area (Å²) in [6.45, 7) is 3.97. The van der Waals surface area contributed by atoms with Gasteiger partial charge in [-0.1, -0.05) is 0 Å². The van der Waals surface area contributed by atoms with Crippen LogP contribution in [-0.2, 0) is 0 Å². The first-order valence-corrected chi connectivity index (χ1v) is 5.23. The average Bonchev–Trinajstić information content (AvgIpc) is 2.98. The Hall–Kier alpha value is -0.810. The fraction of sp³-hybridized carbons (Fsp3) is 0.778. The number of rotatable bonds is 2. The van der Waals surface area contributed by atoms with Gasteiger partial charge in [0.15, 0.2) is 0 Å². The maximum Gasteiger partial charge on any atom is 0.266 e. The predicted molar refractivity (Wildman–Crippen MR) is 58.6 cm³/mol. The van der Waals surface area contributed by atoms with Crippen LogP contribution in [0.2, 0.25) is 0 Å². The maximum atomic E-state index is 5.22. The second-order valence-electron chi connectivity index (χ2n) is 3.94. The van der Waals surface area contributed by atoms with Crippen molar-refractivity contribution in [3.63, 3.8) is 0 Å². The van der Waals surface area contributed by atoms with E-state index in [9.17, 15) is 0 Å². The Balaban J connectivity index is 0.000000853. The van der Waals surface area contributed by atoms with Gasteiger partial charge in [-0.05, 0) is 18.0 Å². The van der Waals surface area contributed by atoms with Crippen LogP contribution in [-0.4, -0.2) is 36.3 Å². The summed E-state index contributed by atoms with van der Waals surface area (Å²) in [6, 6.07) is 0. The Kier molecular flexibility index (Phi) is 3.11. The number of aromatic nitrogens is 2. The van der Waals surface area contributed by atoms with Gasteiger partial charge >= 0.3 is 0 Å². The van der Waals surface area contributed by atoms with Crippen molar-refractivity contribution >= 4 is 18.4 Å². The minimum Gasteiger partial charge on any atom is -0.337 e. The monoisotopic (exact) mass is 230 g/mol. The summed E-state index contributed by atoms with van der Waals surface area (Å²) in [6.07, 6.45) is 2.42. The third kappa shape index (κ3) is 2.23. The highest BCUT2D eigenvalue weighted by molar-refractivity contribution is 5.85. The van der Waals surface area contributed by atoms with Crippen molar-refractivity contribution in [2.45, 2.75) is 18.8 Å². The fourth-order valence-corrected chi connectivity index (χ4v) is 1.72. The Morgan fingerprint density at radius 1 is 1.27 bits per heavy atom. The molecule has 0 radical (unpaired) electrons. The van der Waals surface area contributed by atoms with Crippen LogP contribution >= 0.6 is 12.4 Å². The molecule has 0 aromatic carbocycles. The van der Waals surface area contributed by atoms with Gasteiger partial charge < -0.3 is 14.7 Å². The molecule has 1 saturated heterocycles. The molecule has 0 bridgehead atoms. The SMILES string of the molecule is C1CN(c2noc(C3CC3)n2)CCN1.Cl. The van der Waals surface area contributed by atoms with Gasteiger partial charge in [-0.3, -0.25) is 0 Å². The first-order chi connectivity index (χ1) is 6.93. The molecule has 0 atom stereocenters. The molecular formula is C9H15ClN4O. The normalized spacial score (nSPS) is 21.2. The van der Waals surface area contributed by atoms with Gasteiger partial charge in [0, 0.05) is 32.1 Å². The van der Waals surface area contributed by atoms with E-state index in [1.54, 1.807) is 0 Å². The summed E-state index contributed by atoms with van der Waals surface area (Å²) >= 11 is 0. The Bertz CT molecular complexity index is 320. The van der Waals surface area contributed by atoms with Gasteiger partial charge in [0.1, 0.15) is 0 Å². The minimum absolute atomic E-state index is 0. The molecule has 5 nitrogen and oxygen atoms in total. The van der Waals surface area contributed by atoms with Gasteiger partial charge in [0.2, 0.25) is 5.89 Å². The van der Waals surface area contributed by atoms with Crippen LogP contribution in [0.15, 0.2) is 4.52 Å². The average molecular weight is 231 g/mol. The second-order valence-corrected chi connectivity index (χ2v) is 3.94. The Morgan fingerprint density at radius 3 is 2.67 bits per heavy atom. The smallest absolute Gasteiger partial charge is 0.266 e. The largest absolute Gasteiger partial charge is 0.337 e. The number of hydrogen-bond donors (Lipinski definition) is 1. The minimum atomic E-state index is 0. The number of hydrogen-bond acceptors (Lipinski definition) is 5. The molecule has 2 heterocycles. The lowest BCUT2D eigenvalue weighted by Gasteiger charge is -2.25. The topological polar surface area (TPSA) is 54.2 Å². The number of nitrogens with one attached hydrogen (secondary N) is 1. The molecule has 0 amide bonds. The van der Waals surface area contributed by atoms with Gasteiger partial charge in [-0.2, -0.15) is 4.98 Å². The van der Waals surface area contributed by atoms with Crippen LogP contribution in [0.5, 0.6) is 0 Å². The number of piperazine rings is 1. The van der Waals surface area contributed by atoms with E-state index in [4.69, 9.17) is 4.52 Å². The molecule has 3 rings (SSSR count). The van der Waals surface area contributed by atoms with E-state index >= 15 is 0 Å². The molecule has 1 aromatic rings. The zero-order valence-corrected chi connectivity index (χ0v) is 9.29. The number of nitrogens with zero attached hydrogens (tertiary/aromatic N) is 3. The van der Waals surface area contributed by atoms with E-state index < -0.39 is 0 Å². The number of halogens is 1. The quantitative estimate of drug-likeness (QED) is 0.814. The molecule has 2 aliphatic rings. The molecule has 6 heteroatoms. The molecule has 15 heavy (non-hydrogen) atoms. The lowest BCUT2D eigenvalue weighted by Crippen LogP contribution is -2.44. The summed E-state index contributed by atoms with van der Waals surface area (Å²) in [7, 11) is 0. The summed E-state index contributed by atoms with van der Waals surface area (Å²) < 4.78 is 5.22. The van der Waals surface area contributed by atoms with Gasteiger partial charge in [-0.15, -0.1) is 12.4 Å². The highest BCUT2D eigenvalue weighted by Crippen LogP contribution is 2.39. The molecular weight excluding hydrogens is 216 g/mol. The van der Waals surface area contributed by atoms with Crippen molar-refractivity contribution in [2.75, 3.05) is 31.1 Å². The van der Waals surface area contributed by atoms with E-state index in [1.165, 1.54) is 12.8 Å². The summed E-state index contributed by atoms with van der Waals surface area (Å²) in [4.78, 5) is 6.59. The molecule has 0 unspecified atom stereocenters. The maximum absolute atomic E-state index is 5.22. The predicted octanol–water partition coefficient (Wildman–Crippen LogP) is 0.778. The highest BCUT2D eigenvalue weighted by Gasteiger charge is 2.30. The number of anilines is 1. The molecule has 2 fully saturated rings. The molecule has 1 aliphatic heterocycles. The van der Waals surface area contributed by atoms with Gasteiger partial charge in [0.25, 0.3) is 5.95 Å². The molecule has 0 spiro atoms. The lowest BCUT2D eigenvalue weighted by atomic mass is 10.4. The van der Waals surface area contributed by atoms with Crippen LogP contribution in [0.4, 0.5) is 5.95 Å². The zero-order valence-electron chi connectivity index (χ0n) is 8.48. The molecule has 1 N–H and O–H groups in total. The summed E-state index contributed by atoms with van der Waals surface area (Å²) in [5, 5.41) is 7.31. The third-order valence-corrected chi connectivity index (χ3v) is 2.76. The van der Waals surface area contributed by atoms with Gasteiger partial charge in [-0.25, -0.2) is 0 Å². The van der Waals surface area contributed by atoms with Crippen molar-refractivity contribution in [3.05, 3.63) is 5.89 Å². The lowest BCUT2D eigenvalue weighted by molar-refractivity contribution is 0.377. The van der Waals surface area contributed by atoms with Crippen molar-refractivity contribution in [1.82, 2.24) is 15.5 Å². The zero-order chi connectivity index (χ0) is 9.38. The Labute approximate surface area is 94.6 Å². The van der Waals surface area contributed by atoms with Crippen LogP contribution in [0, 0.1) is 0 Å². The van der Waals surface area contributed by atoms with E-state index in [-0.39, 0.29) is 12.4 Å². The summed E-state index contributed by atoms with van der Waals surface area (Å²) in [5.41, 5.74) is 0. The van der Waals surface area contributed by atoms with Gasteiger partial charge in [0.05, 0.1) is 0 Å². The molecule has 1 aromatic heterocycles. The first-order valence-electron chi connectivity index (χ1n) is 5.23. The molecule has 1 aliphatic carbocycles. The third-order valence-electron chi connectivity index (χ3n) is 2.76. The Morgan fingerprint density at radius 2 is 2.00 bits per heavy atom. The molecule has 84 valence electrons. The van der Waals surface area contributed by atoms with E-state index in [0.717, 1.165) is 38.0 Å². The standard InChI is InChI=1S/C9H14N4O.ClH/c1-2-7(1)8-11-9(12-14-8)13-5-3-10-4-6-13;/h7,10H,1-6H2;1H. The van der Waals surface area contributed by atoms with E-state index in [0.29, 0.717) is 5.92 Å². The van der Waals surface area contributed by atoms with Crippen LogP contribution in [0.25, 0.3) is 0 Å². The second kappa shape index (κ2) is 4.37. The molecule has 1 saturated carbocycles. The van der Waals surface area contributed by atoms with Crippen LogP contribution in [0.1, 0.15) is 24.7 Å². The summed E-state index contributed by atoms with van der Waals surface area (Å²) in [5.74, 6) is 2.16. The van der Waals surface area contributed by atoms with Crippen molar-refractivity contribution in [1.29, 1.82) is 0 Å². The fourth-order valence-electron chi connectivity index (χ4n) is 1.72. The van der Waals surface area contributed by atoms with Crippen LogP contribution in [0.3, 0.4) is 0 Å². The van der Waals surface area contributed by atoms with Crippen molar-refractivity contribution in [2.24, 2.45) is 0 Å². The van der Waals surface area contributed by atoms with Crippen molar-refractivity contribution < 1.29 is 4.52 Å².